The van der Waals surface area contributed by atoms with Gasteiger partial charge in [0, 0.05) is 23.5 Å². The van der Waals surface area contributed by atoms with Gasteiger partial charge in [0.1, 0.15) is 4.21 Å². The molecule has 5 rings (SSSR count). The number of thiophene rings is 1. The number of alkyl halides is 6. The summed E-state index contributed by atoms with van der Waals surface area (Å²) < 4.78 is 109. The van der Waals surface area contributed by atoms with Crippen LogP contribution in [0.2, 0.25) is 0 Å². The first-order chi connectivity index (χ1) is 20.1. The summed E-state index contributed by atoms with van der Waals surface area (Å²) in [6.45, 7) is 3.64. The maximum atomic E-state index is 13.9. The van der Waals surface area contributed by atoms with Crippen molar-refractivity contribution in [3.8, 4) is 23.1 Å². The van der Waals surface area contributed by atoms with Gasteiger partial charge in [-0.25, -0.2) is 22.6 Å². The molecule has 0 radical (unpaired) electrons. The Hall–Kier alpha value is -4.26. The van der Waals surface area contributed by atoms with Crippen molar-refractivity contribution in [3.63, 3.8) is 0 Å². The van der Waals surface area contributed by atoms with Crippen molar-refractivity contribution in [3.05, 3.63) is 99.4 Å². The molecule has 5 aromatic rings. The molecule has 0 aliphatic rings. The third kappa shape index (κ3) is 6.71. The molecule has 0 atom stereocenters. The van der Waals surface area contributed by atoms with Crippen LogP contribution in [0.25, 0.3) is 16.9 Å². The van der Waals surface area contributed by atoms with Gasteiger partial charge in [0.25, 0.3) is 0 Å². The van der Waals surface area contributed by atoms with Crippen molar-refractivity contribution in [2.24, 2.45) is 0 Å². The molecule has 0 aliphatic heterocycles. The highest BCUT2D eigenvalue weighted by molar-refractivity contribution is 7.91. The van der Waals surface area contributed by atoms with E-state index >= 15 is 0 Å². The number of rotatable bonds is 5. The fourth-order valence-electron chi connectivity index (χ4n) is 4.16. The van der Waals surface area contributed by atoms with E-state index in [4.69, 9.17) is 0 Å². The second-order valence-electron chi connectivity index (χ2n) is 9.34. The van der Waals surface area contributed by atoms with Crippen molar-refractivity contribution < 1.29 is 34.8 Å². The molecule has 0 unspecified atom stereocenters. The number of hydrogen-bond acceptors (Lipinski definition) is 6. The summed E-state index contributed by atoms with van der Waals surface area (Å²) in [5.74, 6) is 5.41. The number of aryl methyl sites for hydroxylation is 2. The predicted molar refractivity (Wildman–Crippen MR) is 146 cm³/mol. The van der Waals surface area contributed by atoms with E-state index in [-0.39, 0.29) is 33.2 Å². The molecule has 0 fully saturated rings. The van der Waals surface area contributed by atoms with Gasteiger partial charge < -0.3 is 0 Å². The topological polar surface area (TPSA) is 89.2 Å². The Bertz CT molecular complexity index is 1980. The number of pyridine rings is 1. The van der Waals surface area contributed by atoms with Gasteiger partial charge in [0.05, 0.1) is 27.9 Å². The molecule has 7 nitrogen and oxygen atoms in total. The normalized spacial score (nSPS) is 12.4. The lowest BCUT2D eigenvalue weighted by Gasteiger charge is -2.12. The minimum Gasteiger partial charge on any atom is -0.258 e. The summed E-state index contributed by atoms with van der Waals surface area (Å²) in [7, 11) is -3.88. The van der Waals surface area contributed by atoms with E-state index in [0.29, 0.717) is 15.5 Å². The van der Waals surface area contributed by atoms with Crippen molar-refractivity contribution >= 4 is 27.0 Å². The molecule has 0 amide bonds. The number of nitrogens with one attached hydrogen (secondary N) is 1. The number of aromatic nitrogens is 4. The Kier molecular flexibility index (Phi) is 7.80. The van der Waals surface area contributed by atoms with Gasteiger partial charge in [0.2, 0.25) is 10.0 Å². The number of nitrogens with zero attached hydrogens (tertiary/aromatic N) is 4. The maximum Gasteiger partial charge on any atom is 0.433 e. The van der Waals surface area contributed by atoms with Crippen LogP contribution in [0.4, 0.5) is 26.3 Å². The summed E-state index contributed by atoms with van der Waals surface area (Å²) >= 11 is 0.863. The molecule has 0 bridgehead atoms. The van der Waals surface area contributed by atoms with Gasteiger partial charge in [0.15, 0.2) is 11.3 Å². The van der Waals surface area contributed by atoms with Crippen molar-refractivity contribution in [2.75, 3.05) is 0 Å². The molecule has 1 aromatic carbocycles. The first kappa shape index (κ1) is 30.2. The van der Waals surface area contributed by atoms with Gasteiger partial charge in [-0.1, -0.05) is 24.0 Å². The molecule has 43 heavy (non-hydrogen) atoms. The molecule has 0 spiro atoms. The van der Waals surface area contributed by atoms with Crippen LogP contribution in [-0.2, 0) is 28.9 Å². The molecule has 4 heterocycles. The van der Waals surface area contributed by atoms with Gasteiger partial charge in [-0.15, -0.1) is 11.3 Å². The third-order valence-corrected chi connectivity index (χ3v) is 8.94. The zero-order chi connectivity index (χ0) is 31.2. The average Bonchev–Trinajstić information content (AvgIpc) is 3.56. The summed E-state index contributed by atoms with van der Waals surface area (Å²) in [6, 6.07) is 10.6. The van der Waals surface area contributed by atoms with E-state index in [1.807, 2.05) is 0 Å². The second-order valence-corrected chi connectivity index (χ2v) is 12.4. The molecule has 1 N–H and O–H groups in total. The zero-order valence-corrected chi connectivity index (χ0v) is 23.8. The number of benzene rings is 1. The van der Waals surface area contributed by atoms with Crippen LogP contribution in [0.3, 0.4) is 0 Å². The van der Waals surface area contributed by atoms with Crippen LogP contribution in [0.5, 0.6) is 0 Å². The van der Waals surface area contributed by atoms with Gasteiger partial charge in [-0.3, -0.25) is 4.98 Å². The fourth-order valence-corrected chi connectivity index (χ4v) is 6.39. The van der Waals surface area contributed by atoms with Gasteiger partial charge in [-0.05, 0) is 61.9 Å². The van der Waals surface area contributed by atoms with E-state index in [1.165, 1.54) is 12.1 Å². The highest BCUT2D eigenvalue weighted by Crippen LogP contribution is 2.34. The smallest absolute Gasteiger partial charge is 0.258 e. The zero-order valence-electron chi connectivity index (χ0n) is 22.2. The van der Waals surface area contributed by atoms with E-state index in [2.05, 4.69) is 31.6 Å². The SMILES string of the molecule is Cc1cc(CNS(=O)(=O)c2ccc(C#Cc3cnn4c(C(F)(F)F)cc(-c5ccc(C(F)(F)F)cc5)nc34)s2)cc(C)n1. The van der Waals surface area contributed by atoms with Crippen LogP contribution in [0.15, 0.2) is 65.0 Å². The lowest BCUT2D eigenvalue weighted by atomic mass is 10.1. The van der Waals surface area contributed by atoms with Crippen LogP contribution < -0.4 is 4.72 Å². The minimum atomic E-state index is -4.86. The molecule has 4 aromatic heterocycles. The second kappa shape index (κ2) is 11.1. The van der Waals surface area contributed by atoms with E-state index in [9.17, 15) is 34.8 Å². The Morgan fingerprint density at radius 3 is 2.19 bits per heavy atom. The standard InChI is InChI=1S/C28H19F6N5O2S2/c1-16-11-18(12-17(2)37-16)14-36-43(40,41)25-10-9-22(42-25)8-5-20-15-35-39-24(28(32,33)34)13-23(38-26(20)39)19-3-6-21(7-4-19)27(29,30)31/h3-4,6-7,9-13,15,36H,14H2,1-2H3. The molecule has 0 aliphatic carbocycles. The Labute approximate surface area is 245 Å². The van der Waals surface area contributed by atoms with E-state index < -0.39 is 33.6 Å². The monoisotopic (exact) mass is 635 g/mol. The third-order valence-electron chi connectivity index (χ3n) is 6.04. The van der Waals surface area contributed by atoms with Crippen molar-refractivity contribution in [1.82, 2.24) is 24.3 Å². The first-order valence-electron chi connectivity index (χ1n) is 12.3. The summed E-state index contributed by atoms with van der Waals surface area (Å²) in [5, 5.41) is 3.76. The number of fused-ring (bicyclic) bond motifs is 1. The van der Waals surface area contributed by atoms with Crippen LogP contribution in [-0.4, -0.2) is 28.0 Å². The molecular weight excluding hydrogens is 616 g/mol. The van der Waals surface area contributed by atoms with E-state index in [1.54, 1.807) is 26.0 Å². The molecular formula is C28H19F6N5O2S2. The largest absolute Gasteiger partial charge is 0.433 e. The Morgan fingerprint density at radius 2 is 1.56 bits per heavy atom. The molecule has 0 saturated carbocycles. The van der Waals surface area contributed by atoms with E-state index in [0.717, 1.165) is 58.8 Å². The number of hydrogen-bond donors (Lipinski definition) is 1. The number of halogens is 6. The lowest BCUT2D eigenvalue weighted by molar-refractivity contribution is -0.142. The van der Waals surface area contributed by atoms with Gasteiger partial charge >= 0.3 is 12.4 Å². The average molecular weight is 636 g/mol. The quantitative estimate of drug-likeness (QED) is 0.179. The minimum absolute atomic E-state index is 0.00128. The van der Waals surface area contributed by atoms with Crippen LogP contribution in [0.1, 0.15) is 38.6 Å². The summed E-state index contributed by atoms with van der Waals surface area (Å²) in [6.07, 6.45) is -8.40. The van der Waals surface area contributed by atoms with Crippen LogP contribution >= 0.6 is 11.3 Å². The number of sulfonamides is 1. The van der Waals surface area contributed by atoms with Crippen molar-refractivity contribution in [1.29, 1.82) is 0 Å². The molecule has 222 valence electrons. The first-order valence-corrected chi connectivity index (χ1v) is 14.6. The molecule has 0 saturated heterocycles. The van der Waals surface area contributed by atoms with Crippen LogP contribution in [0, 0.1) is 25.7 Å². The Morgan fingerprint density at radius 1 is 0.884 bits per heavy atom. The summed E-state index contributed by atoms with van der Waals surface area (Å²) in [4.78, 5) is 8.77. The highest BCUT2D eigenvalue weighted by Gasteiger charge is 2.36. The molecule has 15 heteroatoms. The maximum absolute atomic E-state index is 13.9. The predicted octanol–water partition coefficient (Wildman–Crippen LogP) is 6.39. The lowest BCUT2D eigenvalue weighted by Crippen LogP contribution is -2.22. The highest BCUT2D eigenvalue weighted by atomic mass is 32.2. The summed E-state index contributed by atoms with van der Waals surface area (Å²) in [5.41, 5.74) is -0.400. The van der Waals surface area contributed by atoms with Gasteiger partial charge in [-0.2, -0.15) is 31.4 Å². The Balaban J connectivity index is 1.45. The fraction of sp³-hybridized carbons (Fsp3) is 0.179. The van der Waals surface area contributed by atoms with Crippen molar-refractivity contribution in [2.45, 2.75) is 37.0 Å².